The van der Waals surface area contributed by atoms with Gasteiger partial charge in [0.2, 0.25) is 0 Å². The quantitative estimate of drug-likeness (QED) is 0.128. The smallest absolute Gasteiger partial charge is 0.135 e. The molecule has 1 aliphatic carbocycles. The van der Waals surface area contributed by atoms with E-state index >= 15 is 0 Å². The molecule has 0 atom stereocenters. The van der Waals surface area contributed by atoms with E-state index in [2.05, 4.69) is 118 Å². The number of furan rings is 2. The van der Waals surface area contributed by atoms with E-state index in [1.165, 1.54) is 38.2 Å². The molecule has 10 aromatic rings. The summed E-state index contributed by atoms with van der Waals surface area (Å²) in [4.78, 5) is 9.18. The maximum atomic E-state index is 6.74. The average Bonchev–Trinajstić information content (AvgIpc) is 3.73. The molecule has 0 N–H and O–H groups in total. The average molecular weight is 891 g/mol. The summed E-state index contributed by atoms with van der Waals surface area (Å²) < 4.78 is 13.3. The van der Waals surface area contributed by atoms with Crippen molar-refractivity contribution in [3.05, 3.63) is 156 Å². The number of hydrogen-bond acceptors (Lipinski definition) is 4. The van der Waals surface area contributed by atoms with Gasteiger partial charge in [-0.2, -0.15) is 0 Å². The fourth-order valence-corrected chi connectivity index (χ4v) is 8.49. The van der Waals surface area contributed by atoms with E-state index in [-0.39, 0.29) is 30.9 Å². The summed E-state index contributed by atoms with van der Waals surface area (Å²) in [6.45, 7) is 11.5. The first-order valence-electron chi connectivity index (χ1n) is 18.6. The Balaban J connectivity index is 0.000000261. The molecule has 0 saturated carbocycles. The molecule has 55 heavy (non-hydrogen) atoms. The maximum absolute atomic E-state index is 6.74. The number of aromatic nitrogens is 2. The van der Waals surface area contributed by atoms with Crippen LogP contribution in [0.4, 0.5) is 0 Å². The summed E-state index contributed by atoms with van der Waals surface area (Å²) in [5.74, 6) is 0. The van der Waals surface area contributed by atoms with Crippen LogP contribution in [0, 0.1) is 17.5 Å². The minimum absolute atomic E-state index is 0. The van der Waals surface area contributed by atoms with Crippen LogP contribution in [-0.2, 0) is 31.9 Å². The topological polar surface area (TPSA) is 52.1 Å². The molecule has 0 bridgehead atoms. The second-order valence-electron chi connectivity index (χ2n) is 16.2. The molecule has 0 aliphatic heterocycles. The Labute approximate surface area is 333 Å². The van der Waals surface area contributed by atoms with Gasteiger partial charge in [-0.05, 0) is 73.8 Å². The van der Waals surface area contributed by atoms with Gasteiger partial charge >= 0.3 is 0 Å². The Morgan fingerprint density at radius 1 is 0.655 bits per heavy atom. The summed E-state index contributed by atoms with van der Waals surface area (Å²) in [5, 5.41) is 9.18. The van der Waals surface area contributed by atoms with Crippen molar-refractivity contribution < 1.29 is 28.9 Å². The van der Waals surface area contributed by atoms with Gasteiger partial charge in [0.15, 0.2) is 0 Å². The predicted molar refractivity (Wildman–Crippen MR) is 222 cm³/mol. The summed E-state index contributed by atoms with van der Waals surface area (Å²) in [6.07, 6.45) is 4.62. The van der Waals surface area contributed by atoms with E-state index in [1.807, 2.05) is 54.7 Å². The monoisotopic (exact) mass is 891 g/mol. The minimum atomic E-state index is -0.323. The van der Waals surface area contributed by atoms with Crippen molar-refractivity contribution >= 4 is 65.4 Å². The molecule has 11 rings (SSSR count). The van der Waals surface area contributed by atoms with Crippen molar-refractivity contribution in [3.8, 4) is 22.5 Å². The van der Waals surface area contributed by atoms with Gasteiger partial charge in [0, 0.05) is 54.4 Å². The van der Waals surface area contributed by atoms with Gasteiger partial charge < -0.3 is 18.8 Å². The minimum Gasteiger partial charge on any atom is -0.476 e. The third-order valence-electron chi connectivity index (χ3n) is 10.9. The van der Waals surface area contributed by atoms with Crippen LogP contribution in [0.1, 0.15) is 51.3 Å². The molecule has 0 unspecified atom stereocenters. The third kappa shape index (κ3) is 5.77. The number of pyridine rings is 2. The maximum Gasteiger partial charge on any atom is 0.135 e. The van der Waals surface area contributed by atoms with Gasteiger partial charge in [-0.15, -0.1) is 53.1 Å². The molecule has 4 heterocycles. The van der Waals surface area contributed by atoms with E-state index in [4.69, 9.17) is 13.8 Å². The number of benzene rings is 6. The van der Waals surface area contributed by atoms with E-state index in [1.54, 1.807) is 6.20 Å². The SMILES string of the molecule is CC(C)(C)Cc1cc2c3c(c1)oc1ccnc(c13)-c1[c-]c3oc4c(ccc5ccc6ccccc6c54)c3cc1C2(C)C.[Ir].[c-]1ccccc1-c1ccccn1. The second kappa shape index (κ2) is 13.0. The fourth-order valence-electron chi connectivity index (χ4n) is 8.49. The molecule has 5 heteroatoms. The van der Waals surface area contributed by atoms with Crippen molar-refractivity contribution in [2.24, 2.45) is 5.41 Å². The van der Waals surface area contributed by atoms with Crippen LogP contribution in [0.2, 0.25) is 0 Å². The van der Waals surface area contributed by atoms with Gasteiger partial charge in [0.25, 0.3) is 0 Å². The number of nitrogens with zero attached hydrogens (tertiary/aromatic N) is 2. The Kier molecular flexibility index (Phi) is 8.31. The van der Waals surface area contributed by atoms with Crippen molar-refractivity contribution in [2.45, 2.75) is 46.5 Å². The summed E-state index contributed by atoms with van der Waals surface area (Å²) in [7, 11) is 0. The Morgan fingerprint density at radius 2 is 1.45 bits per heavy atom. The van der Waals surface area contributed by atoms with Gasteiger partial charge in [-0.1, -0.05) is 113 Å². The molecule has 1 aliphatic rings. The molecular formula is C50H38IrN2O2-2. The first-order chi connectivity index (χ1) is 26.1. The van der Waals surface area contributed by atoms with E-state index < -0.39 is 0 Å². The molecule has 6 aromatic carbocycles. The Hall–Kier alpha value is -5.61. The molecular weight excluding hydrogens is 853 g/mol. The summed E-state index contributed by atoms with van der Waals surface area (Å²) >= 11 is 0. The number of hydrogen-bond donors (Lipinski definition) is 0. The molecule has 0 saturated heterocycles. The first-order valence-corrected chi connectivity index (χ1v) is 18.6. The zero-order valence-corrected chi connectivity index (χ0v) is 33.8. The van der Waals surface area contributed by atoms with Crippen LogP contribution in [0.25, 0.3) is 87.9 Å². The van der Waals surface area contributed by atoms with Crippen LogP contribution >= 0.6 is 0 Å². The van der Waals surface area contributed by atoms with Gasteiger partial charge in [-0.3, -0.25) is 0 Å². The van der Waals surface area contributed by atoms with Crippen LogP contribution in [0.5, 0.6) is 0 Å². The van der Waals surface area contributed by atoms with Crippen molar-refractivity contribution in [1.29, 1.82) is 0 Å². The van der Waals surface area contributed by atoms with E-state index in [0.717, 1.165) is 72.8 Å². The summed E-state index contributed by atoms with van der Waals surface area (Å²) in [6, 6.07) is 46.9. The van der Waals surface area contributed by atoms with E-state index in [9.17, 15) is 0 Å². The Morgan fingerprint density at radius 3 is 2.25 bits per heavy atom. The third-order valence-corrected chi connectivity index (χ3v) is 10.9. The molecule has 0 amide bonds. The molecule has 1 radical (unpaired) electrons. The molecule has 0 spiro atoms. The second-order valence-corrected chi connectivity index (χ2v) is 16.2. The van der Waals surface area contributed by atoms with Crippen molar-refractivity contribution in [2.75, 3.05) is 0 Å². The van der Waals surface area contributed by atoms with Gasteiger partial charge in [0.05, 0.1) is 5.58 Å². The Bertz CT molecular complexity index is 3040. The first kappa shape index (κ1) is 35.1. The fraction of sp³-hybridized carbons (Fsp3) is 0.160. The van der Waals surface area contributed by atoms with E-state index in [0.29, 0.717) is 0 Å². The molecule has 0 fully saturated rings. The zero-order valence-electron chi connectivity index (χ0n) is 31.4. The molecule has 4 nitrogen and oxygen atoms in total. The van der Waals surface area contributed by atoms with Gasteiger partial charge in [0.1, 0.15) is 16.7 Å². The summed E-state index contributed by atoms with van der Waals surface area (Å²) in [5.41, 5.74) is 11.0. The van der Waals surface area contributed by atoms with Crippen molar-refractivity contribution in [1.82, 2.24) is 9.97 Å². The standard InChI is InChI=1S/C39H30NO2.C11H8N.Ir/c1-38(2,3)20-21-16-29-34-32(17-21)41-30-14-15-40-36(35(30)34)27-19-31-26(18-28(27)39(29,4)5)25-13-12-23-11-10-22-8-6-7-9-24(22)33(23)37(25)42-31;1-2-6-10(7-3-1)11-8-4-5-9-12-11;/h6-18H,20H2,1-5H3;1-6,8-9H;/q2*-1;. The van der Waals surface area contributed by atoms with Crippen molar-refractivity contribution in [3.63, 3.8) is 0 Å². The number of fused-ring (bicyclic) bond motifs is 9. The normalized spacial score (nSPS) is 13.3. The predicted octanol–water partition coefficient (Wildman–Crippen LogP) is 13.4. The number of rotatable bonds is 2. The van der Waals surface area contributed by atoms with Crippen LogP contribution < -0.4 is 0 Å². The zero-order chi connectivity index (χ0) is 36.8. The van der Waals surface area contributed by atoms with Crippen LogP contribution in [0.15, 0.2) is 136 Å². The van der Waals surface area contributed by atoms with Gasteiger partial charge in [-0.25, -0.2) is 0 Å². The largest absolute Gasteiger partial charge is 0.476 e. The molecule has 4 aromatic heterocycles. The van der Waals surface area contributed by atoms with Crippen LogP contribution in [-0.4, -0.2) is 9.97 Å². The van der Waals surface area contributed by atoms with Crippen LogP contribution in [0.3, 0.4) is 0 Å². The molecule has 271 valence electrons.